The lowest BCUT2D eigenvalue weighted by Gasteiger charge is -2.26. The Labute approximate surface area is 109 Å². The zero-order chi connectivity index (χ0) is 13.6. The van der Waals surface area contributed by atoms with Gasteiger partial charge >= 0.3 is 0 Å². The first-order chi connectivity index (χ1) is 8.52. The second-order valence-corrected chi connectivity index (χ2v) is 4.89. The molecule has 0 heterocycles. The molecule has 2 N–H and O–H groups in total. The number of hydrogen-bond donors (Lipinski definition) is 2. The Morgan fingerprint density at radius 3 is 2.50 bits per heavy atom. The second-order valence-electron chi connectivity index (χ2n) is 4.89. The van der Waals surface area contributed by atoms with E-state index in [9.17, 15) is 0 Å². The van der Waals surface area contributed by atoms with Gasteiger partial charge < -0.3 is 19.9 Å². The number of ether oxygens (including phenoxy) is 2. The van der Waals surface area contributed by atoms with E-state index in [0.29, 0.717) is 13.0 Å². The first-order valence-electron chi connectivity index (χ1n) is 6.09. The van der Waals surface area contributed by atoms with Crippen molar-refractivity contribution < 1.29 is 14.6 Å². The van der Waals surface area contributed by atoms with Crippen LogP contribution in [0.3, 0.4) is 0 Å². The van der Waals surface area contributed by atoms with E-state index < -0.39 is 0 Å². The monoisotopic (exact) mass is 253 g/mol. The Balaban J connectivity index is 2.72. The largest absolute Gasteiger partial charge is 0.497 e. The average Bonchev–Trinajstić information content (AvgIpc) is 2.36. The molecule has 0 spiro atoms. The van der Waals surface area contributed by atoms with Gasteiger partial charge in [0.2, 0.25) is 0 Å². The van der Waals surface area contributed by atoms with Gasteiger partial charge in [0.1, 0.15) is 11.5 Å². The second kappa shape index (κ2) is 6.61. The summed E-state index contributed by atoms with van der Waals surface area (Å²) in [5.74, 6) is 1.59. The molecule has 0 bridgehead atoms. The molecule has 102 valence electrons. The van der Waals surface area contributed by atoms with Crippen molar-refractivity contribution in [3.63, 3.8) is 0 Å². The normalized spacial score (nSPS) is 11.4. The summed E-state index contributed by atoms with van der Waals surface area (Å²) in [4.78, 5) is 0. The molecular weight excluding hydrogens is 230 g/mol. The molecule has 0 aliphatic rings. The number of aliphatic hydroxyl groups excluding tert-OH is 1. The van der Waals surface area contributed by atoms with Gasteiger partial charge in [-0.25, -0.2) is 0 Å². The molecule has 0 unspecified atom stereocenters. The molecule has 0 aliphatic heterocycles. The van der Waals surface area contributed by atoms with Gasteiger partial charge in [-0.3, -0.25) is 0 Å². The van der Waals surface area contributed by atoms with Crippen molar-refractivity contribution in [3.8, 4) is 11.5 Å². The number of aliphatic hydroxyl groups is 1. The third-order valence-electron chi connectivity index (χ3n) is 2.99. The SMILES string of the molecule is COc1ccc(CNC(C)(C)CCO)c(OC)c1. The van der Waals surface area contributed by atoms with Crippen LogP contribution in [0.4, 0.5) is 0 Å². The van der Waals surface area contributed by atoms with Crippen molar-refractivity contribution in [2.45, 2.75) is 32.4 Å². The first-order valence-corrected chi connectivity index (χ1v) is 6.09. The average molecular weight is 253 g/mol. The van der Waals surface area contributed by atoms with E-state index in [4.69, 9.17) is 14.6 Å². The lowest BCUT2D eigenvalue weighted by atomic mass is 10.0. The molecule has 0 radical (unpaired) electrons. The smallest absolute Gasteiger partial charge is 0.127 e. The molecule has 18 heavy (non-hydrogen) atoms. The molecule has 4 heteroatoms. The zero-order valence-corrected chi connectivity index (χ0v) is 11.6. The number of methoxy groups -OCH3 is 2. The zero-order valence-electron chi connectivity index (χ0n) is 11.6. The summed E-state index contributed by atoms with van der Waals surface area (Å²) in [6, 6.07) is 5.77. The van der Waals surface area contributed by atoms with Crippen LogP contribution in [0.5, 0.6) is 11.5 Å². The molecular formula is C14H23NO3. The van der Waals surface area contributed by atoms with Crippen LogP contribution in [0.25, 0.3) is 0 Å². The maximum Gasteiger partial charge on any atom is 0.127 e. The van der Waals surface area contributed by atoms with Gasteiger partial charge in [0.25, 0.3) is 0 Å². The van der Waals surface area contributed by atoms with Gasteiger partial charge in [-0.15, -0.1) is 0 Å². The lowest BCUT2D eigenvalue weighted by Crippen LogP contribution is -2.39. The summed E-state index contributed by atoms with van der Waals surface area (Å²) in [6.45, 7) is 5.01. The fraction of sp³-hybridized carbons (Fsp3) is 0.571. The predicted molar refractivity (Wildman–Crippen MR) is 72.2 cm³/mol. The Morgan fingerprint density at radius 1 is 1.22 bits per heavy atom. The summed E-state index contributed by atoms with van der Waals surface area (Å²) >= 11 is 0. The Kier molecular flexibility index (Phi) is 5.44. The van der Waals surface area contributed by atoms with Crippen LogP contribution in [0.15, 0.2) is 18.2 Å². The number of benzene rings is 1. The summed E-state index contributed by atoms with van der Waals surface area (Å²) in [7, 11) is 3.29. The summed E-state index contributed by atoms with van der Waals surface area (Å²) in [5, 5.41) is 12.4. The molecule has 0 aromatic heterocycles. The molecule has 4 nitrogen and oxygen atoms in total. The standard InChI is InChI=1S/C14H23NO3/c1-14(2,7-8-16)15-10-11-5-6-12(17-3)9-13(11)18-4/h5-6,9,15-16H,7-8,10H2,1-4H3. The van der Waals surface area contributed by atoms with Crippen molar-refractivity contribution in [1.29, 1.82) is 0 Å². The van der Waals surface area contributed by atoms with Crippen LogP contribution in [0.2, 0.25) is 0 Å². The van der Waals surface area contributed by atoms with Crippen LogP contribution < -0.4 is 14.8 Å². The van der Waals surface area contributed by atoms with Gasteiger partial charge in [-0.2, -0.15) is 0 Å². The van der Waals surface area contributed by atoms with Crippen LogP contribution >= 0.6 is 0 Å². The number of nitrogens with one attached hydrogen (secondary N) is 1. The minimum absolute atomic E-state index is 0.0975. The van der Waals surface area contributed by atoms with Gasteiger partial charge in [0.05, 0.1) is 14.2 Å². The quantitative estimate of drug-likeness (QED) is 0.780. The van der Waals surface area contributed by atoms with Crippen LogP contribution in [-0.2, 0) is 6.54 Å². The molecule has 0 saturated heterocycles. The molecule has 0 amide bonds. The van der Waals surface area contributed by atoms with Gasteiger partial charge in [-0.05, 0) is 26.3 Å². The molecule has 0 fully saturated rings. The third kappa shape index (κ3) is 4.20. The van der Waals surface area contributed by atoms with Crippen molar-refractivity contribution in [1.82, 2.24) is 5.32 Å². The number of hydrogen-bond acceptors (Lipinski definition) is 4. The van der Waals surface area contributed by atoms with Crippen molar-refractivity contribution in [3.05, 3.63) is 23.8 Å². The molecule has 0 aliphatic carbocycles. The molecule has 0 atom stereocenters. The van der Waals surface area contributed by atoms with Gasteiger partial charge in [0.15, 0.2) is 0 Å². The van der Waals surface area contributed by atoms with E-state index in [1.807, 2.05) is 18.2 Å². The minimum Gasteiger partial charge on any atom is -0.497 e. The third-order valence-corrected chi connectivity index (χ3v) is 2.99. The van der Waals surface area contributed by atoms with Crippen LogP contribution in [-0.4, -0.2) is 31.5 Å². The highest BCUT2D eigenvalue weighted by Gasteiger charge is 2.16. The van der Waals surface area contributed by atoms with E-state index in [1.54, 1.807) is 14.2 Å². The summed E-state index contributed by atoms with van der Waals surface area (Å²) in [6.07, 6.45) is 0.714. The lowest BCUT2D eigenvalue weighted by molar-refractivity contribution is 0.229. The van der Waals surface area contributed by atoms with E-state index >= 15 is 0 Å². The Bertz CT molecular complexity index is 377. The highest BCUT2D eigenvalue weighted by Crippen LogP contribution is 2.25. The molecule has 1 aromatic carbocycles. The maximum atomic E-state index is 8.99. The van der Waals surface area contributed by atoms with Crippen molar-refractivity contribution in [2.24, 2.45) is 0 Å². The van der Waals surface area contributed by atoms with Crippen molar-refractivity contribution >= 4 is 0 Å². The van der Waals surface area contributed by atoms with Crippen LogP contribution in [0, 0.1) is 0 Å². The number of rotatable bonds is 7. The minimum atomic E-state index is -0.0975. The van der Waals surface area contributed by atoms with Crippen molar-refractivity contribution in [2.75, 3.05) is 20.8 Å². The Hall–Kier alpha value is -1.26. The van der Waals surface area contributed by atoms with Gasteiger partial charge in [-0.1, -0.05) is 6.07 Å². The van der Waals surface area contributed by atoms with E-state index in [1.165, 1.54) is 0 Å². The van der Waals surface area contributed by atoms with Gasteiger partial charge in [0, 0.05) is 30.3 Å². The topological polar surface area (TPSA) is 50.7 Å². The predicted octanol–water partition coefficient (Wildman–Crippen LogP) is 1.95. The van der Waals surface area contributed by atoms with E-state index in [0.717, 1.165) is 17.1 Å². The molecule has 1 rings (SSSR count). The molecule has 1 aromatic rings. The fourth-order valence-corrected chi connectivity index (χ4v) is 1.70. The Morgan fingerprint density at radius 2 is 1.94 bits per heavy atom. The highest BCUT2D eigenvalue weighted by molar-refractivity contribution is 5.40. The fourth-order valence-electron chi connectivity index (χ4n) is 1.70. The highest BCUT2D eigenvalue weighted by atomic mass is 16.5. The van der Waals surface area contributed by atoms with Crippen LogP contribution in [0.1, 0.15) is 25.8 Å². The first kappa shape index (κ1) is 14.8. The maximum absolute atomic E-state index is 8.99. The summed E-state index contributed by atoms with van der Waals surface area (Å²) < 4.78 is 10.5. The summed E-state index contributed by atoms with van der Waals surface area (Å²) in [5.41, 5.74) is 0.976. The van der Waals surface area contributed by atoms with E-state index in [2.05, 4.69) is 19.2 Å². The molecule has 0 saturated carbocycles. The van der Waals surface area contributed by atoms with E-state index in [-0.39, 0.29) is 12.1 Å².